The number of anilines is 1. The zero-order chi connectivity index (χ0) is 10.7. The predicted molar refractivity (Wildman–Crippen MR) is 68.6 cm³/mol. The van der Waals surface area contributed by atoms with Crippen LogP contribution in [-0.2, 0) is 6.54 Å². The molecule has 0 aliphatic carbocycles. The van der Waals surface area contributed by atoms with Crippen LogP contribution in [-0.4, -0.2) is 4.98 Å². The monoisotopic (exact) mass is 302 g/mol. The summed E-state index contributed by atoms with van der Waals surface area (Å²) in [6.45, 7) is 0.719. The molecule has 0 aliphatic rings. The van der Waals surface area contributed by atoms with Gasteiger partial charge in [0.2, 0.25) is 0 Å². The fourth-order valence-corrected chi connectivity index (χ4v) is 2.29. The Morgan fingerprint density at radius 1 is 1.47 bits per heavy atom. The lowest BCUT2D eigenvalue weighted by atomic mass is 10.3. The number of hydrogen-bond donors (Lipinski definition) is 1. The number of nitrogens with zero attached hydrogens (tertiary/aromatic N) is 1. The zero-order valence-corrected chi connectivity index (χ0v) is 10.9. The molecule has 1 N–H and O–H groups in total. The highest BCUT2D eigenvalue weighted by Crippen LogP contribution is 2.30. The zero-order valence-electron chi connectivity index (χ0n) is 7.71. The fraction of sp³-hybridized carbons (Fsp3) is 0.100. The van der Waals surface area contributed by atoms with Gasteiger partial charge in [-0.2, -0.15) is 0 Å². The molecule has 78 valence electrons. The average molecular weight is 304 g/mol. The van der Waals surface area contributed by atoms with Crippen molar-refractivity contribution in [1.29, 1.82) is 0 Å². The lowest BCUT2D eigenvalue weighted by molar-refractivity contribution is 1.10. The number of halogens is 2. The molecule has 2 nitrogen and oxygen atoms in total. The number of rotatable bonds is 3. The largest absolute Gasteiger partial charge is 0.378 e. The van der Waals surface area contributed by atoms with Crippen LogP contribution in [0.15, 0.2) is 34.2 Å². The van der Waals surface area contributed by atoms with Crippen LogP contribution in [0.5, 0.6) is 0 Å². The quantitative estimate of drug-likeness (QED) is 0.920. The maximum Gasteiger partial charge on any atom is 0.112 e. The molecule has 2 aromatic rings. The van der Waals surface area contributed by atoms with Crippen molar-refractivity contribution >= 4 is 44.6 Å². The second kappa shape index (κ2) is 4.96. The molecule has 0 amide bonds. The summed E-state index contributed by atoms with van der Waals surface area (Å²) >= 11 is 11.0. The SMILES string of the molecule is Clc1cccc(NCc2nccs2)c1Br. The minimum Gasteiger partial charge on any atom is -0.378 e. The van der Waals surface area contributed by atoms with Crippen LogP contribution in [0.3, 0.4) is 0 Å². The maximum atomic E-state index is 5.97. The number of aromatic nitrogens is 1. The molecule has 0 fully saturated rings. The van der Waals surface area contributed by atoms with Crippen molar-refractivity contribution in [3.8, 4) is 0 Å². The Morgan fingerprint density at radius 2 is 2.33 bits per heavy atom. The first kappa shape index (κ1) is 10.9. The van der Waals surface area contributed by atoms with Gasteiger partial charge in [-0.1, -0.05) is 17.7 Å². The molecular weight excluding hydrogens is 296 g/mol. The Morgan fingerprint density at radius 3 is 3.07 bits per heavy atom. The first-order chi connectivity index (χ1) is 7.27. The minimum absolute atomic E-state index is 0.708. The molecule has 1 heterocycles. The van der Waals surface area contributed by atoms with E-state index >= 15 is 0 Å². The lowest BCUT2D eigenvalue weighted by Crippen LogP contribution is -1.99. The predicted octanol–water partition coefficient (Wildman–Crippen LogP) is 4.17. The van der Waals surface area contributed by atoms with E-state index in [0.717, 1.165) is 21.7 Å². The number of hydrogen-bond acceptors (Lipinski definition) is 3. The molecule has 0 unspecified atom stereocenters. The van der Waals surface area contributed by atoms with Gasteiger partial charge in [-0.25, -0.2) is 4.98 Å². The van der Waals surface area contributed by atoms with Crippen molar-refractivity contribution < 1.29 is 0 Å². The van der Waals surface area contributed by atoms with E-state index in [-0.39, 0.29) is 0 Å². The summed E-state index contributed by atoms with van der Waals surface area (Å²) in [4.78, 5) is 4.19. The third-order valence-electron chi connectivity index (χ3n) is 1.87. The molecule has 0 saturated carbocycles. The number of benzene rings is 1. The van der Waals surface area contributed by atoms with E-state index in [0.29, 0.717) is 5.02 Å². The molecule has 1 aromatic carbocycles. The highest BCUT2D eigenvalue weighted by molar-refractivity contribution is 9.10. The Hall–Kier alpha value is -0.580. The van der Waals surface area contributed by atoms with Crippen LogP contribution >= 0.6 is 38.9 Å². The van der Waals surface area contributed by atoms with E-state index in [1.54, 1.807) is 17.5 Å². The molecule has 0 saturated heterocycles. The molecular formula is C10H8BrClN2S. The van der Waals surface area contributed by atoms with Crippen LogP contribution in [0, 0.1) is 0 Å². The van der Waals surface area contributed by atoms with Crippen molar-refractivity contribution in [1.82, 2.24) is 4.98 Å². The topological polar surface area (TPSA) is 24.9 Å². The summed E-state index contributed by atoms with van der Waals surface area (Å²) in [7, 11) is 0. The average Bonchev–Trinajstić information content (AvgIpc) is 2.73. The van der Waals surface area contributed by atoms with Gasteiger partial charge < -0.3 is 5.32 Å². The van der Waals surface area contributed by atoms with Gasteiger partial charge in [0.05, 0.1) is 21.7 Å². The maximum absolute atomic E-state index is 5.97. The van der Waals surface area contributed by atoms with Crippen LogP contribution in [0.1, 0.15) is 5.01 Å². The van der Waals surface area contributed by atoms with Gasteiger partial charge in [0.15, 0.2) is 0 Å². The molecule has 1 aromatic heterocycles. The summed E-state index contributed by atoms with van der Waals surface area (Å²) in [5.41, 5.74) is 0.984. The molecule has 0 bridgehead atoms. The van der Waals surface area contributed by atoms with Crippen LogP contribution in [0.2, 0.25) is 5.02 Å². The molecule has 0 radical (unpaired) electrons. The van der Waals surface area contributed by atoms with Gasteiger partial charge in [-0.3, -0.25) is 0 Å². The molecule has 0 spiro atoms. The summed E-state index contributed by atoms with van der Waals surface area (Å²) in [6, 6.07) is 5.74. The van der Waals surface area contributed by atoms with Crippen LogP contribution in [0.4, 0.5) is 5.69 Å². The van der Waals surface area contributed by atoms with E-state index in [1.165, 1.54) is 0 Å². The van der Waals surface area contributed by atoms with Crippen LogP contribution < -0.4 is 5.32 Å². The van der Waals surface area contributed by atoms with Crippen molar-refractivity contribution in [2.45, 2.75) is 6.54 Å². The normalized spacial score (nSPS) is 10.3. The van der Waals surface area contributed by atoms with Crippen molar-refractivity contribution in [2.75, 3.05) is 5.32 Å². The van der Waals surface area contributed by atoms with Gasteiger partial charge >= 0.3 is 0 Å². The van der Waals surface area contributed by atoms with Crippen LogP contribution in [0.25, 0.3) is 0 Å². The summed E-state index contributed by atoms with van der Waals surface area (Å²) in [5.74, 6) is 0. The Bertz CT molecular complexity index is 445. The number of nitrogens with one attached hydrogen (secondary N) is 1. The van der Waals surface area contributed by atoms with E-state index < -0.39 is 0 Å². The van der Waals surface area contributed by atoms with Crippen molar-refractivity contribution in [3.05, 3.63) is 44.3 Å². The summed E-state index contributed by atoms with van der Waals surface area (Å²) in [5, 5.41) is 7.00. The summed E-state index contributed by atoms with van der Waals surface area (Å²) < 4.78 is 0.892. The van der Waals surface area contributed by atoms with Gasteiger partial charge in [-0.15, -0.1) is 11.3 Å². The smallest absolute Gasteiger partial charge is 0.112 e. The van der Waals surface area contributed by atoms with Crippen molar-refractivity contribution in [2.24, 2.45) is 0 Å². The highest BCUT2D eigenvalue weighted by Gasteiger charge is 2.03. The molecule has 15 heavy (non-hydrogen) atoms. The van der Waals surface area contributed by atoms with E-state index in [2.05, 4.69) is 26.2 Å². The standard InChI is InChI=1S/C10H8BrClN2S/c11-10-7(12)2-1-3-8(10)14-6-9-13-4-5-15-9/h1-5,14H,6H2. The van der Waals surface area contributed by atoms with Gasteiger partial charge in [-0.05, 0) is 28.1 Å². The van der Waals surface area contributed by atoms with Gasteiger partial charge in [0.1, 0.15) is 5.01 Å². The second-order valence-electron chi connectivity index (χ2n) is 2.88. The molecule has 0 atom stereocenters. The summed E-state index contributed by atoms with van der Waals surface area (Å²) in [6.07, 6.45) is 1.80. The van der Waals surface area contributed by atoms with Gasteiger partial charge in [0.25, 0.3) is 0 Å². The van der Waals surface area contributed by atoms with Gasteiger partial charge in [0, 0.05) is 11.6 Å². The lowest BCUT2D eigenvalue weighted by Gasteiger charge is -2.07. The Labute approximate surface area is 105 Å². The molecule has 0 aliphatic heterocycles. The highest BCUT2D eigenvalue weighted by atomic mass is 79.9. The first-order valence-corrected chi connectivity index (χ1v) is 6.38. The first-order valence-electron chi connectivity index (χ1n) is 4.33. The minimum atomic E-state index is 0.708. The van der Waals surface area contributed by atoms with E-state index in [9.17, 15) is 0 Å². The van der Waals surface area contributed by atoms with E-state index in [4.69, 9.17) is 11.6 Å². The third kappa shape index (κ3) is 2.71. The van der Waals surface area contributed by atoms with Crippen molar-refractivity contribution in [3.63, 3.8) is 0 Å². The second-order valence-corrected chi connectivity index (χ2v) is 5.06. The number of thiazole rings is 1. The third-order valence-corrected chi connectivity index (χ3v) is 4.04. The fourth-order valence-electron chi connectivity index (χ4n) is 1.15. The molecule has 5 heteroatoms. The molecule has 2 rings (SSSR count). The Kier molecular flexibility index (Phi) is 3.61. The Balaban J connectivity index is 2.08. The van der Waals surface area contributed by atoms with E-state index in [1.807, 2.05) is 23.6 Å².